The molecule has 0 saturated heterocycles. The minimum absolute atomic E-state index is 0.0472. The normalized spacial score (nSPS) is 11.7. The Morgan fingerprint density at radius 3 is 2.31 bits per heavy atom. The smallest absolute Gasteiger partial charge is 0.261 e. The topological polar surface area (TPSA) is 127 Å². The van der Waals surface area contributed by atoms with Crippen LogP contribution in [0.1, 0.15) is 13.8 Å². The molecule has 35 heavy (non-hydrogen) atoms. The Hall–Kier alpha value is -3.76. The minimum Gasteiger partial charge on any atom is -0.416 e. The van der Waals surface area contributed by atoms with Crippen molar-refractivity contribution in [2.24, 2.45) is 5.41 Å². The maximum atomic E-state index is 12.9. The van der Waals surface area contributed by atoms with Gasteiger partial charge in [0.15, 0.2) is 0 Å². The first kappa shape index (κ1) is 24.4. The van der Waals surface area contributed by atoms with Gasteiger partial charge in [0, 0.05) is 29.5 Å². The lowest BCUT2D eigenvalue weighted by atomic mass is 9.95. The van der Waals surface area contributed by atoms with Crippen LogP contribution in [0.25, 0.3) is 22.9 Å². The molecular weight excluding hydrogens is 490 g/mol. The standard InChI is InChI=1S/C24H22ClN5O4S/c1-24(2,15-25)23(31)27-18-6-3-7-19(13-18)30-35(32,33)20-10-8-16(9-11-20)21-28-29-22(34-21)17-5-4-12-26-14-17/h3-14,30H,15H2,1-2H3,(H,27,31). The monoisotopic (exact) mass is 511 g/mol. The largest absolute Gasteiger partial charge is 0.416 e. The highest BCUT2D eigenvalue weighted by molar-refractivity contribution is 7.92. The van der Waals surface area contributed by atoms with E-state index in [9.17, 15) is 13.2 Å². The number of amides is 1. The van der Waals surface area contributed by atoms with Crippen molar-refractivity contribution in [3.63, 3.8) is 0 Å². The van der Waals surface area contributed by atoms with E-state index in [1.54, 1.807) is 68.7 Å². The number of aromatic nitrogens is 3. The quantitative estimate of drug-likeness (QED) is 0.325. The number of halogens is 1. The molecule has 0 saturated carbocycles. The maximum absolute atomic E-state index is 12.9. The first-order valence-electron chi connectivity index (χ1n) is 10.5. The highest BCUT2D eigenvalue weighted by atomic mass is 35.5. The van der Waals surface area contributed by atoms with Crippen LogP contribution in [0.4, 0.5) is 11.4 Å². The third-order valence-electron chi connectivity index (χ3n) is 5.07. The van der Waals surface area contributed by atoms with Crippen LogP contribution in [0.15, 0.2) is 82.4 Å². The summed E-state index contributed by atoms with van der Waals surface area (Å²) in [5.41, 5.74) is 1.23. The number of carbonyl (C=O) groups excluding carboxylic acids is 1. The van der Waals surface area contributed by atoms with E-state index in [1.807, 2.05) is 0 Å². The second-order valence-electron chi connectivity index (χ2n) is 8.34. The number of benzene rings is 2. The molecule has 0 unspecified atom stereocenters. The molecule has 0 aliphatic rings. The van der Waals surface area contributed by atoms with E-state index < -0.39 is 15.4 Å². The summed E-state index contributed by atoms with van der Waals surface area (Å²) in [6.45, 7) is 3.44. The van der Waals surface area contributed by atoms with E-state index in [-0.39, 0.29) is 22.6 Å². The van der Waals surface area contributed by atoms with Crippen molar-refractivity contribution in [1.29, 1.82) is 0 Å². The fraction of sp³-hybridized carbons (Fsp3) is 0.167. The summed E-state index contributed by atoms with van der Waals surface area (Å²) in [6.07, 6.45) is 3.25. The SMILES string of the molecule is CC(C)(CCl)C(=O)Nc1cccc(NS(=O)(=O)c2ccc(-c3nnc(-c4cccnc4)o3)cc2)c1. The number of nitrogens with zero attached hydrogens (tertiary/aromatic N) is 3. The van der Waals surface area contributed by atoms with Crippen LogP contribution in [0.5, 0.6) is 0 Å². The summed E-state index contributed by atoms with van der Waals surface area (Å²) in [6, 6.07) is 16.0. The van der Waals surface area contributed by atoms with Gasteiger partial charge in [-0.05, 0) is 68.4 Å². The molecule has 2 heterocycles. The lowest BCUT2D eigenvalue weighted by Gasteiger charge is -2.20. The molecule has 11 heteroatoms. The number of alkyl halides is 1. The first-order chi connectivity index (χ1) is 16.7. The van der Waals surface area contributed by atoms with Gasteiger partial charge in [0.05, 0.1) is 21.6 Å². The number of sulfonamides is 1. The zero-order chi connectivity index (χ0) is 25.1. The second kappa shape index (κ2) is 9.85. The molecule has 0 aliphatic heterocycles. The molecule has 4 aromatic rings. The average Bonchev–Trinajstić information content (AvgIpc) is 3.35. The molecule has 0 atom stereocenters. The van der Waals surface area contributed by atoms with Gasteiger partial charge in [-0.15, -0.1) is 21.8 Å². The third kappa shape index (κ3) is 5.67. The van der Waals surface area contributed by atoms with Gasteiger partial charge in [-0.25, -0.2) is 8.42 Å². The van der Waals surface area contributed by atoms with E-state index in [0.29, 0.717) is 28.4 Å². The maximum Gasteiger partial charge on any atom is 0.261 e. The van der Waals surface area contributed by atoms with E-state index >= 15 is 0 Å². The summed E-state index contributed by atoms with van der Waals surface area (Å²) in [5, 5.41) is 10.8. The van der Waals surface area contributed by atoms with Gasteiger partial charge in [-0.2, -0.15) is 0 Å². The van der Waals surface area contributed by atoms with Gasteiger partial charge in [-0.1, -0.05) is 6.07 Å². The van der Waals surface area contributed by atoms with Gasteiger partial charge < -0.3 is 9.73 Å². The number of pyridine rings is 1. The summed E-state index contributed by atoms with van der Waals surface area (Å²) >= 11 is 5.85. The lowest BCUT2D eigenvalue weighted by Crippen LogP contribution is -2.32. The zero-order valence-corrected chi connectivity index (χ0v) is 20.5. The van der Waals surface area contributed by atoms with Crippen molar-refractivity contribution in [3.05, 3.63) is 73.1 Å². The van der Waals surface area contributed by atoms with Crippen LogP contribution in [-0.2, 0) is 14.8 Å². The van der Waals surface area contributed by atoms with Crippen LogP contribution in [0.3, 0.4) is 0 Å². The fourth-order valence-electron chi connectivity index (χ4n) is 2.96. The van der Waals surface area contributed by atoms with Gasteiger partial charge >= 0.3 is 0 Å². The van der Waals surface area contributed by atoms with Crippen molar-refractivity contribution in [2.75, 3.05) is 15.9 Å². The van der Waals surface area contributed by atoms with Crippen molar-refractivity contribution in [3.8, 4) is 22.9 Å². The predicted octanol–water partition coefficient (Wildman–Crippen LogP) is 4.80. The summed E-state index contributed by atoms with van der Waals surface area (Å²) in [7, 11) is -3.89. The van der Waals surface area contributed by atoms with E-state index in [0.717, 1.165) is 0 Å². The van der Waals surface area contributed by atoms with Gasteiger partial charge in [0.2, 0.25) is 17.7 Å². The molecule has 9 nitrogen and oxygen atoms in total. The number of hydrogen-bond acceptors (Lipinski definition) is 7. The number of nitrogens with one attached hydrogen (secondary N) is 2. The molecule has 2 aromatic heterocycles. The van der Waals surface area contributed by atoms with Gasteiger partial charge in [0.1, 0.15) is 0 Å². The Morgan fingerprint density at radius 2 is 1.66 bits per heavy atom. The highest BCUT2D eigenvalue weighted by Crippen LogP contribution is 2.26. The molecule has 0 aliphatic carbocycles. The molecule has 0 bridgehead atoms. The fourth-order valence-corrected chi connectivity index (χ4v) is 4.13. The van der Waals surface area contributed by atoms with Crippen LogP contribution < -0.4 is 10.0 Å². The second-order valence-corrected chi connectivity index (χ2v) is 10.3. The Labute approximate surface area is 207 Å². The van der Waals surface area contributed by atoms with Crippen LogP contribution in [-0.4, -0.2) is 35.4 Å². The molecule has 0 spiro atoms. The summed E-state index contributed by atoms with van der Waals surface area (Å²) in [4.78, 5) is 16.4. The van der Waals surface area contributed by atoms with Gasteiger partial charge in [-0.3, -0.25) is 14.5 Å². The molecule has 2 N–H and O–H groups in total. The van der Waals surface area contributed by atoms with E-state index in [4.69, 9.17) is 16.0 Å². The molecular formula is C24H22ClN5O4S. The molecule has 0 fully saturated rings. The number of hydrogen-bond donors (Lipinski definition) is 2. The molecule has 2 aromatic carbocycles. The van der Waals surface area contributed by atoms with Crippen LogP contribution in [0, 0.1) is 5.41 Å². The molecule has 180 valence electrons. The average molecular weight is 512 g/mol. The van der Waals surface area contributed by atoms with Crippen LogP contribution >= 0.6 is 11.6 Å². The van der Waals surface area contributed by atoms with Crippen molar-refractivity contribution in [1.82, 2.24) is 15.2 Å². The Balaban J connectivity index is 1.48. The molecule has 4 rings (SSSR count). The summed E-state index contributed by atoms with van der Waals surface area (Å²) in [5.74, 6) is 0.447. The van der Waals surface area contributed by atoms with E-state index in [2.05, 4.69) is 25.2 Å². The van der Waals surface area contributed by atoms with Crippen molar-refractivity contribution >= 4 is 38.9 Å². The summed E-state index contributed by atoms with van der Waals surface area (Å²) < 4.78 is 34.0. The van der Waals surface area contributed by atoms with Crippen molar-refractivity contribution in [2.45, 2.75) is 18.7 Å². The Morgan fingerprint density at radius 1 is 0.971 bits per heavy atom. The first-order valence-corrected chi connectivity index (χ1v) is 12.5. The van der Waals surface area contributed by atoms with Gasteiger partial charge in [0.25, 0.3) is 10.0 Å². The van der Waals surface area contributed by atoms with E-state index in [1.165, 1.54) is 18.2 Å². The minimum atomic E-state index is -3.89. The van der Waals surface area contributed by atoms with Crippen molar-refractivity contribution < 1.29 is 17.6 Å². The predicted molar refractivity (Wildman–Crippen MR) is 133 cm³/mol. The number of carbonyl (C=O) groups is 1. The number of rotatable bonds is 8. The number of anilines is 2. The highest BCUT2D eigenvalue weighted by Gasteiger charge is 2.26. The third-order valence-corrected chi connectivity index (χ3v) is 7.13. The van der Waals surface area contributed by atoms with Crippen LogP contribution in [0.2, 0.25) is 0 Å². The molecule has 0 radical (unpaired) electrons. The molecule has 1 amide bonds. The lowest BCUT2D eigenvalue weighted by molar-refractivity contribution is -0.122. The Bertz CT molecular complexity index is 1440. The Kier molecular flexibility index (Phi) is 6.86. The zero-order valence-electron chi connectivity index (χ0n) is 18.9.